The first-order valence-electron chi connectivity index (χ1n) is 8.95. The molecule has 5 heteroatoms. The third-order valence-corrected chi connectivity index (χ3v) is 4.34. The van der Waals surface area contributed by atoms with Gasteiger partial charge in [0.2, 0.25) is 0 Å². The van der Waals surface area contributed by atoms with Crippen molar-refractivity contribution in [2.24, 2.45) is 0 Å². The third kappa shape index (κ3) is 4.10. The van der Waals surface area contributed by atoms with E-state index < -0.39 is 0 Å². The Kier molecular flexibility index (Phi) is 5.15. The van der Waals surface area contributed by atoms with E-state index in [0.717, 1.165) is 22.0 Å². The molecule has 3 aromatic carbocycles. The second kappa shape index (κ2) is 8.22. The predicted molar refractivity (Wildman–Crippen MR) is 110 cm³/mol. The van der Waals surface area contributed by atoms with E-state index >= 15 is 0 Å². The average molecular weight is 369 g/mol. The standard InChI is InChI=1S/C23H19N3O2/c27-23(26-25-20-9-2-1-3-10-20)17-8-6-11-21(13-17)28-16-19-15-24-14-18-7-4-5-12-22(18)19/h1-15,25H,16H2,(H,26,27). The van der Waals surface area contributed by atoms with Gasteiger partial charge < -0.3 is 4.74 Å². The first kappa shape index (κ1) is 17.5. The number of para-hydroxylation sites is 1. The summed E-state index contributed by atoms with van der Waals surface area (Å²) < 4.78 is 5.91. The lowest BCUT2D eigenvalue weighted by Crippen LogP contribution is -2.29. The van der Waals surface area contributed by atoms with Crippen LogP contribution in [0.1, 0.15) is 15.9 Å². The molecule has 28 heavy (non-hydrogen) atoms. The Morgan fingerprint density at radius 1 is 0.893 bits per heavy atom. The summed E-state index contributed by atoms with van der Waals surface area (Å²) in [6, 6.07) is 24.6. The molecule has 0 bridgehead atoms. The van der Waals surface area contributed by atoms with Gasteiger partial charge in [0.05, 0.1) is 5.69 Å². The summed E-state index contributed by atoms with van der Waals surface area (Å²) >= 11 is 0. The molecular weight excluding hydrogens is 350 g/mol. The molecule has 2 N–H and O–H groups in total. The van der Waals surface area contributed by atoms with Crippen molar-refractivity contribution in [2.75, 3.05) is 5.43 Å². The van der Waals surface area contributed by atoms with Crippen molar-refractivity contribution in [2.45, 2.75) is 6.61 Å². The molecule has 5 nitrogen and oxygen atoms in total. The van der Waals surface area contributed by atoms with Gasteiger partial charge in [-0.2, -0.15) is 0 Å². The van der Waals surface area contributed by atoms with Gasteiger partial charge in [-0.15, -0.1) is 0 Å². The van der Waals surface area contributed by atoms with Crippen LogP contribution in [0.5, 0.6) is 5.75 Å². The van der Waals surface area contributed by atoms with Gasteiger partial charge in [0.1, 0.15) is 12.4 Å². The van der Waals surface area contributed by atoms with Crippen molar-refractivity contribution in [1.82, 2.24) is 10.4 Å². The van der Waals surface area contributed by atoms with E-state index in [-0.39, 0.29) is 5.91 Å². The van der Waals surface area contributed by atoms with E-state index in [1.54, 1.807) is 18.2 Å². The van der Waals surface area contributed by atoms with Gasteiger partial charge in [0, 0.05) is 28.9 Å². The maximum Gasteiger partial charge on any atom is 0.269 e. The number of aromatic nitrogens is 1. The smallest absolute Gasteiger partial charge is 0.269 e. The molecule has 4 aromatic rings. The van der Waals surface area contributed by atoms with Crippen LogP contribution in [0.2, 0.25) is 0 Å². The minimum absolute atomic E-state index is 0.235. The normalized spacial score (nSPS) is 10.4. The summed E-state index contributed by atoms with van der Waals surface area (Å²) in [4.78, 5) is 16.7. The Hall–Kier alpha value is -3.86. The minimum atomic E-state index is -0.235. The molecule has 4 rings (SSSR count). The monoisotopic (exact) mass is 369 g/mol. The van der Waals surface area contributed by atoms with Crippen molar-refractivity contribution in [3.8, 4) is 5.75 Å². The number of ether oxygens (including phenoxy) is 1. The van der Waals surface area contributed by atoms with Crippen LogP contribution >= 0.6 is 0 Å². The summed E-state index contributed by atoms with van der Waals surface area (Å²) in [5.74, 6) is 0.390. The number of hydrazine groups is 1. The van der Waals surface area contributed by atoms with E-state index in [1.807, 2.05) is 67.0 Å². The van der Waals surface area contributed by atoms with Crippen LogP contribution in [0, 0.1) is 0 Å². The second-order valence-electron chi connectivity index (χ2n) is 6.28. The fourth-order valence-electron chi connectivity index (χ4n) is 2.90. The summed E-state index contributed by atoms with van der Waals surface area (Å²) in [5, 5.41) is 2.18. The van der Waals surface area contributed by atoms with Gasteiger partial charge in [0.25, 0.3) is 5.91 Å². The molecule has 0 aliphatic heterocycles. The zero-order chi connectivity index (χ0) is 19.2. The number of amides is 1. The number of nitrogens with one attached hydrogen (secondary N) is 2. The molecule has 0 saturated heterocycles. The van der Waals surface area contributed by atoms with Crippen LogP contribution in [0.4, 0.5) is 5.69 Å². The SMILES string of the molecule is O=C(NNc1ccccc1)c1cccc(OCc2cncc3ccccc23)c1. The first-order chi connectivity index (χ1) is 13.8. The van der Waals surface area contributed by atoms with E-state index in [9.17, 15) is 4.79 Å². The van der Waals surface area contributed by atoms with Crippen molar-refractivity contribution in [3.63, 3.8) is 0 Å². The molecule has 1 aromatic heterocycles. The zero-order valence-electron chi connectivity index (χ0n) is 15.1. The van der Waals surface area contributed by atoms with E-state index in [2.05, 4.69) is 21.9 Å². The highest BCUT2D eigenvalue weighted by Gasteiger charge is 2.07. The lowest BCUT2D eigenvalue weighted by atomic mass is 10.1. The van der Waals surface area contributed by atoms with Crippen LogP contribution in [0.15, 0.2) is 91.3 Å². The number of fused-ring (bicyclic) bond motifs is 1. The van der Waals surface area contributed by atoms with Gasteiger partial charge in [0.15, 0.2) is 0 Å². The maximum atomic E-state index is 12.4. The van der Waals surface area contributed by atoms with Crippen LogP contribution in [0.25, 0.3) is 10.8 Å². The van der Waals surface area contributed by atoms with Crippen molar-refractivity contribution >= 4 is 22.4 Å². The van der Waals surface area contributed by atoms with Crippen LogP contribution < -0.4 is 15.6 Å². The van der Waals surface area contributed by atoms with Gasteiger partial charge in [-0.05, 0) is 35.7 Å². The Morgan fingerprint density at radius 2 is 1.71 bits per heavy atom. The quantitative estimate of drug-likeness (QED) is 0.489. The lowest BCUT2D eigenvalue weighted by Gasteiger charge is -2.11. The molecule has 0 radical (unpaired) electrons. The van der Waals surface area contributed by atoms with E-state index in [4.69, 9.17) is 4.74 Å². The zero-order valence-corrected chi connectivity index (χ0v) is 15.1. The predicted octanol–water partition coefficient (Wildman–Crippen LogP) is 4.57. The number of hydrogen-bond donors (Lipinski definition) is 2. The Bertz CT molecular complexity index is 1090. The second-order valence-corrected chi connectivity index (χ2v) is 6.28. The summed E-state index contributed by atoms with van der Waals surface area (Å²) in [6.07, 6.45) is 3.65. The molecular formula is C23H19N3O2. The number of rotatable bonds is 6. The molecule has 0 fully saturated rings. The third-order valence-electron chi connectivity index (χ3n) is 4.34. The minimum Gasteiger partial charge on any atom is -0.489 e. The largest absolute Gasteiger partial charge is 0.489 e. The molecule has 0 saturated carbocycles. The van der Waals surface area contributed by atoms with Crippen molar-refractivity contribution < 1.29 is 9.53 Å². The highest BCUT2D eigenvalue weighted by atomic mass is 16.5. The van der Waals surface area contributed by atoms with Crippen LogP contribution in [-0.2, 0) is 6.61 Å². The lowest BCUT2D eigenvalue weighted by molar-refractivity contribution is 0.0962. The van der Waals surface area contributed by atoms with Crippen molar-refractivity contribution in [1.29, 1.82) is 0 Å². The molecule has 0 unspecified atom stereocenters. The highest BCUT2D eigenvalue weighted by Crippen LogP contribution is 2.20. The fourth-order valence-corrected chi connectivity index (χ4v) is 2.90. The number of nitrogens with zero attached hydrogens (tertiary/aromatic N) is 1. The van der Waals surface area contributed by atoms with E-state index in [1.165, 1.54) is 0 Å². The average Bonchev–Trinajstić information content (AvgIpc) is 2.77. The topological polar surface area (TPSA) is 63.2 Å². The Labute approximate surface area is 163 Å². The van der Waals surface area contributed by atoms with Gasteiger partial charge in [-0.1, -0.05) is 48.5 Å². The molecule has 138 valence electrons. The molecule has 0 spiro atoms. The number of carbonyl (C=O) groups is 1. The molecule has 0 aliphatic rings. The number of pyridine rings is 1. The number of anilines is 1. The summed E-state index contributed by atoms with van der Waals surface area (Å²) in [5.41, 5.74) is 7.90. The summed E-state index contributed by atoms with van der Waals surface area (Å²) in [7, 11) is 0. The molecule has 0 atom stereocenters. The Balaban J connectivity index is 1.42. The fraction of sp³-hybridized carbons (Fsp3) is 0.0435. The van der Waals surface area contributed by atoms with Gasteiger partial charge in [-0.25, -0.2) is 0 Å². The number of carbonyl (C=O) groups excluding carboxylic acids is 1. The number of hydrogen-bond acceptors (Lipinski definition) is 4. The first-order valence-corrected chi connectivity index (χ1v) is 8.95. The van der Waals surface area contributed by atoms with Gasteiger partial charge in [-0.3, -0.25) is 20.6 Å². The van der Waals surface area contributed by atoms with Gasteiger partial charge >= 0.3 is 0 Å². The van der Waals surface area contributed by atoms with Crippen LogP contribution in [-0.4, -0.2) is 10.9 Å². The maximum absolute atomic E-state index is 12.4. The van der Waals surface area contributed by atoms with Crippen molar-refractivity contribution in [3.05, 3.63) is 102 Å². The summed E-state index contributed by atoms with van der Waals surface area (Å²) in [6.45, 7) is 0.377. The molecule has 0 aliphatic carbocycles. The Morgan fingerprint density at radius 3 is 2.61 bits per heavy atom. The molecule has 1 heterocycles. The van der Waals surface area contributed by atoms with E-state index in [0.29, 0.717) is 17.9 Å². The number of benzene rings is 3. The molecule has 1 amide bonds. The highest BCUT2D eigenvalue weighted by molar-refractivity contribution is 5.95. The van der Waals surface area contributed by atoms with Crippen LogP contribution in [0.3, 0.4) is 0 Å².